The van der Waals surface area contributed by atoms with Crippen molar-refractivity contribution in [2.45, 2.75) is 58.3 Å². The van der Waals surface area contributed by atoms with Gasteiger partial charge in [-0.3, -0.25) is 0 Å². The predicted octanol–water partition coefficient (Wildman–Crippen LogP) is 4.31. The minimum atomic E-state index is -0.439. The maximum Gasteiger partial charge on any atom is 0.341 e. The second-order valence-corrected chi connectivity index (χ2v) is 5.13. The van der Waals surface area contributed by atoms with Crippen LogP contribution in [0.4, 0.5) is 0 Å². The van der Waals surface area contributed by atoms with E-state index in [0.29, 0.717) is 6.61 Å². The molecule has 0 saturated heterocycles. The fourth-order valence-electron chi connectivity index (χ4n) is 2.12. The molecule has 0 unspecified atom stereocenters. The van der Waals surface area contributed by atoms with Gasteiger partial charge in [0.15, 0.2) is 0 Å². The summed E-state index contributed by atoms with van der Waals surface area (Å²) in [7, 11) is 0. The van der Waals surface area contributed by atoms with E-state index in [-0.39, 0.29) is 34.4 Å². The lowest BCUT2D eigenvalue weighted by molar-refractivity contribution is 0.0494. The lowest BCUT2D eigenvalue weighted by atomic mass is 10.1. The highest BCUT2D eigenvalue weighted by Crippen LogP contribution is 2.16. The van der Waals surface area contributed by atoms with Crippen molar-refractivity contribution in [2.75, 3.05) is 6.61 Å². The molecular weight excluding hydrogens is 276 g/mol. The Morgan fingerprint density at radius 3 is 2.19 bits per heavy atom. The average molecular weight is 303 g/mol. The van der Waals surface area contributed by atoms with Crippen LogP contribution < -0.4 is 0 Å². The Hall–Kier alpha value is -0.744. The van der Waals surface area contributed by atoms with E-state index in [1.807, 2.05) is 0 Å². The number of hydrogen-bond donors (Lipinski definition) is 1. The SMILES string of the molecule is CCCCCCCCCCOC(=O)c1ccccc1O.[Mg]. The quantitative estimate of drug-likeness (QED) is 0.398. The number of unbranched alkanes of at least 4 members (excludes halogenated alkanes) is 7. The normalized spacial score (nSPS) is 9.95. The Kier molecular flexibility index (Phi) is 12.5. The second-order valence-electron chi connectivity index (χ2n) is 5.13. The molecular formula is C17H26MgO3. The third-order valence-corrected chi connectivity index (χ3v) is 3.36. The van der Waals surface area contributed by atoms with E-state index in [1.54, 1.807) is 18.2 Å². The van der Waals surface area contributed by atoms with Gasteiger partial charge in [0.1, 0.15) is 11.3 Å². The maximum absolute atomic E-state index is 11.7. The zero-order valence-electron chi connectivity index (χ0n) is 13.1. The van der Waals surface area contributed by atoms with E-state index in [2.05, 4.69) is 6.92 Å². The van der Waals surface area contributed by atoms with Gasteiger partial charge in [-0.15, -0.1) is 0 Å². The fraction of sp³-hybridized carbons (Fsp3) is 0.588. The second kappa shape index (κ2) is 13.0. The van der Waals surface area contributed by atoms with Crippen molar-refractivity contribution in [3.05, 3.63) is 29.8 Å². The molecule has 0 fully saturated rings. The highest BCUT2D eigenvalue weighted by Gasteiger charge is 2.10. The van der Waals surface area contributed by atoms with Crippen molar-refractivity contribution in [3.63, 3.8) is 0 Å². The number of para-hydroxylation sites is 1. The first kappa shape index (κ1) is 20.3. The smallest absolute Gasteiger partial charge is 0.341 e. The van der Waals surface area contributed by atoms with Crippen molar-refractivity contribution < 1.29 is 14.6 Å². The molecule has 2 radical (unpaired) electrons. The number of phenols is 1. The molecule has 0 bridgehead atoms. The van der Waals surface area contributed by atoms with Gasteiger partial charge in [0, 0.05) is 23.1 Å². The van der Waals surface area contributed by atoms with Gasteiger partial charge in [-0.25, -0.2) is 4.79 Å². The van der Waals surface area contributed by atoms with E-state index in [1.165, 1.54) is 44.6 Å². The summed E-state index contributed by atoms with van der Waals surface area (Å²) in [5.41, 5.74) is 0.243. The third-order valence-electron chi connectivity index (χ3n) is 3.36. The molecule has 21 heavy (non-hydrogen) atoms. The van der Waals surface area contributed by atoms with E-state index in [4.69, 9.17) is 4.74 Å². The number of ether oxygens (including phenoxy) is 1. The number of esters is 1. The summed E-state index contributed by atoms with van der Waals surface area (Å²) in [5, 5.41) is 9.52. The van der Waals surface area contributed by atoms with Crippen LogP contribution in [0.15, 0.2) is 24.3 Å². The fourth-order valence-corrected chi connectivity index (χ4v) is 2.12. The number of carbonyl (C=O) groups is 1. The van der Waals surface area contributed by atoms with Crippen LogP contribution in [0.2, 0.25) is 0 Å². The molecule has 0 aliphatic heterocycles. The summed E-state index contributed by atoms with van der Waals surface area (Å²) in [5.74, 6) is -0.459. The molecule has 0 atom stereocenters. The van der Waals surface area contributed by atoms with Gasteiger partial charge in [0.05, 0.1) is 6.61 Å². The molecule has 0 aromatic heterocycles. The van der Waals surface area contributed by atoms with Gasteiger partial charge in [0.2, 0.25) is 0 Å². The first-order valence-electron chi connectivity index (χ1n) is 7.70. The monoisotopic (exact) mass is 302 g/mol. The lowest BCUT2D eigenvalue weighted by Gasteiger charge is -2.06. The Bertz CT molecular complexity index is 393. The molecule has 1 aromatic carbocycles. The molecule has 0 saturated carbocycles. The van der Waals surface area contributed by atoms with Crippen LogP contribution in [0.25, 0.3) is 0 Å². The first-order valence-corrected chi connectivity index (χ1v) is 7.70. The van der Waals surface area contributed by atoms with Crippen molar-refractivity contribution in [1.82, 2.24) is 0 Å². The van der Waals surface area contributed by atoms with E-state index in [9.17, 15) is 9.90 Å². The number of rotatable bonds is 10. The highest BCUT2D eigenvalue weighted by atomic mass is 24.3. The Morgan fingerprint density at radius 2 is 1.57 bits per heavy atom. The lowest BCUT2D eigenvalue weighted by Crippen LogP contribution is -2.06. The van der Waals surface area contributed by atoms with Crippen LogP contribution in [0, 0.1) is 0 Å². The van der Waals surface area contributed by atoms with E-state index < -0.39 is 5.97 Å². The average Bonchev–Trinajstić information content (AvgIpc) is 2.46. The van der Waals surface area contributed by atoms with Crippen LogP contribution in [0.5, 0.6) is 5.75 Å². The minimum absolute atomic E-state index is 0. The van der Waals surface area contributed by atoms with Gasteiger partial charge < -0.3 is 9.84 Å². The third kappa shape index (κ3) is 8.99. The Balaban J connectivity index is 0.00000400. The molecule has 4 heteroatoms. The zero-order chi connectivity index (χ0) is 14.6. The van der Waals surface area contributed by atoms with Crippen LogP contribution in [-0.2, 0) is 4.74 Å². The first-order chi connectivity index (χ1) is 9.75. The van der Waals surface area contributed by atoms with Crippen molar-refractivity contribution in [2.24, 2.45) is 0 Å². The number of phenolic OH excluding ortho intramolecular Hbond substituents is 1. The maximum atomic E-state index is 11.7. The molecule has 0 aliphatic rings. The predicted molar refractivity (Wildman–Crippen MR) is 86.8 cm³/mol. The standard InChI is InChI=1S/C17H26O3.Mg/c1-2-3-4-5-6-7-8-11-14-20-17(19)15-12-9-10-13-16(15)18;/h9-10,12-13,18H,2-8,11,14H2,1H3;. The summed E-state index contributed by atoms with van der Waals surface area (Å²) >= 11 is 0. The molecule has 114 valence electrons. The number of carbonyl (C=O) groups excluding carboxylic acids is 1. The molecule has 1 aromatic rings. The van der Waals surface area contributed by atoms with Crippen molar-refractivity contribution in [1.29, 1.82) is 0 Å². The van der Waals surface area contributed by atoms with Crippen LogP contribution >= 0.6 is 0 Å². The van der Waals surface area contributed by atoms with Crippen LogP contribution in [0.1, 0.15) is 68.6 Å². The molecule has 0 aliphatic carbocycles. The van der Waals surface area contributed by atoms with Crippen LogP contribution in [-0.4, -0.2) is 40.7 Å². The Morgan fingerprint density at radius 1 is 1.00 bits per heavy atom. The van der Waals surface area contributed by atoms with Gasteiger partial charge in [0.25, 0.3) is 0 Å². The molecule has 3 nitrogen and oxygen atoms in total. The summed E-state index contributed by atoms with van der Waals surface area (Å²) < 4.78 is 5.16. The van der Waals surface area contributed by atoms with Gasteiger partial charge in [-0.2, -0.15) is 0 Å². The number of benzene rings is 1. The summed E-state index contributed by atoms with van der Waals surface area (Å²) in [6.45, 7) is 2.65. The summed E-state index contributed by atoms with van der Waals surface area (Å²) in [4.78, 5) is 11.7. The molecule has 0 amide bonds. The number of hydrogen-bond acceptors (Lipinski definition) is 3. The highest BCUT2D eigenvalue weighted by molar-refractivity contribution is 5.92. The zero-order valence-corrected chi connectivity index (χ0v) is 14.6. The number of aromatic hydroxyl groups is 1. The largest absolute Gasteiger partial charge is 0.507 e. The Labute approximate surface area is 144 Å². The van der Waals surface area contributed by atoms with Crippen molar-refractivity contribution >= 4 is 29.0 Å². The molecule has 0 heterocycles. The minimum Gasteiger partial charge on any atom is -0.507 e. The van der Waals surface area contributed by atoms with Gasteiger partial charge in [-0.1, -0.05) is 64.0 Å². The van der Waals surface area contributed by atoms with E-state index in [0.717, 1.165) is 12.8 Å². The molecule has 0 spiro atoms. The van der Waals surface area contributed by atoms with Crippen LogP contribution in [0.3, 0.4) is 0 Å². The summed E-state index contributed by atoms with van der Waals surface area (Å²) in [6.07, 6.45) is 9.73. The van der Waals surface area contributed by atoms with Crippen molar-refractivity contribution in [3.8, 4) is 5.75 Å². The van der Waals surface area contributed by atoms with E-state index >= 15 is 0 Å². The molecule has 1 N–H and O–H groups in total. The summed E-state index contributed by atoms with van der Waals surface area (Å²) in [6, 6.07) is 6.47. The topological polar surface area (TPSA) is 46.5 Å². The molecule has 1 rings (SSSR count). The van der Waals surface area contributed by atoms with Gasteiger partial charge in [-0.05, 0) is 18.6 Å². The van der Waals surface area contributed by atoms with Gasteiger partial charge >= 0.3 is 5.97 Å².